The third-order valence-electron chi connectivity index (χ3n) is 0. The van der Waals surface area contributed by atoms with Crippen LogP contribution in [0.2, 0.25) is 0 Å². The first-order chi connectivity index (χ1) is 1.41. The Labute approximate surface area is 38.7 Å². The van der Waals surface area contributed by atoms with Crippen LogP contribution in [0.5, 0.6) is 0 Å². The quantitative estimate of drug-likeness (QED) is 0.286. The van der Waals surface area contributed by atoms with Gasteiger partial charge in [-0.3, -0.25) is 0 Å². The molecule has 0 aromatic carbocycles. The van der Waals surface area contributed by atoms with Gasteiger partial charge in [0.15, 0.2) is 0 Å². The van der Waals surface area contributed by atoms with E-state index in [1.807, 2.05) is 0 Å². The Kier molecular flexibility index (Phi) is 21.1. The molecule has 0 heterocycles. The van der Waals surface area contributed by atoms with Gasteiger partial charge in [0, 0.05) is 0 Å². The molecule has 1 N–H and O–H groups in total. The van der Waals surface area contributed by atoms with Crippen molar-refractivity contribution >= 4 is 0 Å². The molecule has 0 saturated carbocycles. The zero-order chi connectivity index (χ0) is 2.71. The minimum atomic E-state index is 0. The largest absolute Gasteiger partial charge is 1.00 e. The average Bonchev–Trinajstić information content (AvgIpc) is 0.918. The smallest absolute Gasteiger partial charge is 0.678 e. The first kappa shape index (κ1) is 8.82. The summed E-state index contributed by atoms with van der Waals surface area (Å²) in [5.41, 5.74) is 6.21. The molecule has 0 unspecified atom stereocenters. The summed E-state index contributed by atoms with van der Waals surface area (Å²) in [6.45, 7) is 2.29. The SMILES string of the molecule is CC[NH-].[Li+]. The van der Waals surface area contributed by atoms with Gasteiger partial charge in [0.05, 0.1) is 0 Å². The predicted molar refractivity (Wildman–Crippen MR) is 14.9 cm³/mol. The summed E-state index contributed by atoms with van der Waals surface area (Å²) in [4.78, 5) is 0. The Morgan fingerprint density at radius 2 is 1.75 bits per heavy atom. The Balaban J connectivity index is 0. The topological polar surface area (TPSA) is 23.8 Å². The van der Waals surface area contributed by atoms with E-state index in [1.54, 1.807) is 6.92 Å². The first-order valence-corrected chi connectivity index (χ1v) is 1.06. The molecule has 0 aromatic rings. The van der Waals surface area contributed by atoms with Gasteiger partial charge < -0.3 is 5.73 Å². The molecule has 0 rings (SSSR count). The summed E-state index contributed by atoms with van der Waals surface area (Å²) in [6.07, 6.45) is 0. The van der Waals surface area contributed by atoms with E-state index in [1.165, 1.54) is 0 Å². The van der Waals surface area contributed by atoms with Gasteiger partial charge in [-0.25, -0.2) is 0 Å². The van der Waals surface area contributed by atoms with Gasteiger partial charge in [-0.05, 0) is 0 Å². The molecule has 0 aliphatic heterocycles. The van der Waals surface area contributed by atoms with Gasteiger partial charge in [0.1, 0.15) is 0 Å². The average molecular weight is 51.0 g/mol. The van der Waals surface area contributed by atoms with E-state index in [4.69, 9.17) is 5.73 Å². The summed E-state index contributed by atoms with van der Waals surface area (Å²) >= 11 is 0. The summed E-state index contributed by atoms with van der Waals surface area (Å²) in [5.74, 6) is 0. The van der Waals surface area contributed by atoms with E-state index < -0.39 is 0 Å². The summed E-state index contributed by atoms with van der Waals surface area (Å²) in [5, 5.41) is 0. The summed E-state index contributed by atoms with van der Waals surface area (Å²) in [7, 11) is 0. The van der Waals surface area contributed by atoms with Crippen molar-refractivity contribution in [3.8, 4) is 0 Å². The molecule has 0 aromatic heterocycles. The molecule has 0 aliphatic rings. The molecule has 0 bridgehead atoms. The minimum absolute atomic E-state index is 0. The molecular weight excluding hydrogens is 45.0 g/mol. The van der Waals surface area contributed by atoms with Crippen LogP contribution in [-0.2, 0) is 0 Å². The number of nitrogens with one attached hydrogen (secondary N) is 1. The molecule has 0 spiro atoms. The maximum Gasteiger partial charge on any atom is 1.00 e. The van der Waals surface area contributed by atoms with Gasteiger partial charge in [-0.2, -0.15) is 6.54 Å². The fraction of sp³-hybridized carbons (Fsp3) is 1.00. The van der Waals surface area contributed by atoms with Gasteiger partial charge >= 0.3 is 18.9 Å². The van der Waals surface area contributed by atoms with E-state index in [2.05, 4.69) is 0 Å². The fourth-order valence-electron chi connectivity index (χ4n) is 0. The number of rotatable bonds is 0. The fourth-order valence-corrected chi connectivity index (χ4v) is 0. The van der Waals surface area contributed by atoms with Crippen LogP contribution in [0.1, 0.15) is 6.92 Å². The normalized spacial score (nSPS) is 4.50. The van der Waals surface area contributed by atoms with Crippen LogP contribution in [0.25, 0.3) is 5.73 Å². The molecule has 0 radical (unpaired) electrons. The number of hydrogen-bond donors (Lipinski definition) is 0. The monoisotopic (exact) mass is 51.1 g/mol. The Morgan fingerprint density at radius 1 is 1.75 bits per heavy atom. The van der Waals surface area contributed by atoms with Crippen molar-refractivity contribution in [3.05, 3.63) is 5.73 Å². The molecule has 2 heteroatoms. The maximum atomic E-state index is 6.21. The van der Waals surface area contributed by atoms with E-state index in [-0.39, 0.29) is 18.9 Å². The van der Waals surface area contributed by atoms with Crippen molar-refractivity contribution in [2.24, 2.45) is 0 Å². The van der Waals surface area contributed by atoms with Gasteiger partial charge in [-0.1, -0.05) is 6.92 Å². The van der Waals surface area contributed by atoms with Crippen molar-refractivity contribution in [2.75, 3.05) is 6.54 Å². The third-order valence-corrected chi connectivity index (χ3v) is 0. The van der Waals surface area contributed by atoms with E-state index >= 15 is 0 Å². The van der Waals surface area contributed by atoms with Crippen molar-refractivity contribution in [2.45, 2.75) is 6.92 Å². The van der Waals surface area contributed by atoms with Crippen LogP contribution in [0.15, 0.2) is 0 Å². The molecule has 0 fully saturated rings. The maximum absolute atomic E-state index is 6.21. The van der Waals surface area contributed by atoms with E-state index in [9.17, 15) is 0 Å². The standard InChI is InChI=1S/C2H6N.Li/c1-2-3;/h3H,2H2,1H3;/q-1;+1. The van der Waals surface area contributed by atoms with E-state index in [0.29, 0.717) is 6.54 Å². The van der Waals surface area contributed by atoms with Crippen LogP contribution in [0.4, 0.5) is 0 Å². The van der Waals surface area contributed by atoms with Crippen molar-refractivity contribution < 1.29 is 18.9 Å². The van der Waals surface area contributed by atoms with Gasteiger partial charge in [0.2, 0.25) is 0 Å². The Hall–Kier alpha value is 0.557. The molecule has 0 amide bonds. The van der Waals surface area contributed by atoms with Gasteiger partial charge in [0.25, 0.3) is 0 Å². The van der Waals surface area contributed by atoms with Crippen LogP contribution in [0.3, 0.4) is 0 Å². The van der Waals surface area contributed by atoms with Crippen molar-refractivity contribution in [3.63, 3.8) is 0 Å². The van der Waals surface area contributed by atoms with E-state index in [0.717, 1.165) is 0 Å². The molecule has 1 nitrogen and oxygen atoms in total. The van der Waals surface area contributed by atoms with Crippen LogP contribution in [0, 0.1) is 0 Å². The van der Waals surface area contributed by atoms with Crippen LogP contribution >= 0.6 is 0 Å². The molecule has 0 aliphatic carbocycles. The minimum Gasteiger partial charge on any atom is -0.678 e. The van der Waals surface area contributed by atoms with Crippen molar-refractivity contribution in [1.82, 2.24) is 0 Å². The summed E-state index contributed by atoms with van der Waals surface area (Å²) in [6, 6.07) is 0. The Bertz CT molecular complexity index is 6.00. The molecule has 20 valence electrons. The van der Waals surface area contributed by atoms with Crippen LogP contribution < -0.4 is 18.9 Å². The molecule has 0 atom stereocenters. The first-order valence-electron chi connectivity index (χ1n) is 1.06. The third kappa shape index (κ3) is 20.0. The second-order valence-electron chi connectivity index (χ2n) is 0.354. The predicted octanol–water partition coefficient (Wildman–Crippen LogP) is -1.94. The zero-order valence-electron chi connectivity index (χ0n) is 3.21. The summed E-state index contributed by atoms with van der Waals surface area (Å²) < 4.78 is 0. The van der Waals surface area contributed by atoms with Gasteiger partial charge in [-0.15, -0.1) is 0 Å². The second-order valence-corrected chi connectivity index (χ2v) is 0.354. The molecule has 4 heavy (non-hydrogen) atoms. The molecular formula is C2H6LiN. The van der Waals surface area contributed by atoms with Crippen LogP contribution in [-0.4, -0.2) is 6.54 Å². The zero-order valence-corrected chi connectivity index (χ0v) is 3.21. The molecule has 0 saturated heterocycles. The van der Waals surface area contributed by atoms with Crippen molar-refractivity contribution in [1.29, 1.82) is 0 Å². The second kappa shape index (κ2) is 9.59. The number of hydrogen-bond acceptors (Lipinski definition) is 0. The Morgan fingerprint density at radius 3 is 1.75 bits per heavy atom.